The molecule has 2 aliphatic rings. The van der Waals surface area contributed by atoms with E-state index in [1.165, 1.54) is 0 Å². The van der Waals surface area contributed by atoms with Crippen molar-refractivity contribution >= 4 is 11.9 Å². The molecule has 0 saturated carbocycles. The van der Waals surface area contributed by atoms with Crippen molar-refractivity contribution < 1.29 is 19.4 Å². The van der Waals surface area contributed by atoms with E-state index in [1.807, 2.05) is 30.0 Å². The predicted octanol–water partition coefficient (Wildman–Crippen LogP) is 4.66. The number of carbonyl (C=O) groups is 2. The summed E-state index contributed by atoms with van der Waals surface area (Å²) in [6.45, 7) is 12.4. The average Bonchev–Trinajstić information content (AvgIpc) is 3.44. The Hall–Kier alpha value is -2.38. The van der Waals surface area contributed by atoms with E-state index in [2.05, 4.69) is 56.8 Å². The van der Waals surface area contributed by atoms with Crippen LogP contribution < -0.4 is 4.74 Å². The summed E-state index contributed by atoms with van der Waals surface area (Å²) in [6.07, 6.45) is 8.66. The fourth-order valence-corrected chi connectivity index (χ4v) is 6.14. The van der Waals surface area contributed by atoms with Crippen molar-refractivity contribution in [1.29, 1.82) is 0 Å². The Bertz CT molecular complexity index is 974. The molecule has 38 heavy (non-hydrogen) atoms. The maximum atomic E-state index is 13.7. The Morgan fingerprint density at radius 2 is 1.92 bits per heavy atom. The summed E-state index contributed by atoms with van der Waals surface area (Å²) in [6, 6.07) is 5.92. The molecule has 0 aliphatic carbocycles. The first-order valence-corrected chi connectivity index (χ1v) is 14.3. The number of ether oxygens (including phenoxy) is 1. The van der Waals surface area contributed by atoms with Gasteiger partial charge in [-0.15, -0.1) is 0 Å². The SMILES string of the molecule is C/C=C/C(C)(C)CC1C(C(=O)O)C(c2ccc3c(c2)CCO3)CN1CC(=O)N(CCCC)CCCN(C)C. The summed E-state index contributed by atoms with van der Waals surface area (Å²) >= 11 is 0. The predicted molar refractivity (Wildman–Crippen MR) is 153 cm³/mol. The molecule has 0 spiro atoms. The first-order valence-electron chi connectivity index (χ1n) is 14.3. The summed E-state index contributed by atoms with van der Waals surface area (Å²) in [4.78, 5) is 32.8. The number of carboxylic acid groups (broad SMARTS) is 1. The van der Waals surface area contributed by atoms with Crippen LogP contribution in [0, 0.1) is 11.3 Å². The van der Waals surface area contributed by atoms with Crippen molar-refractivity contribution in [3.8, 4) is 5.75 Å². The lowest BCUT2D eigenvalue weighted by Gasteiger charge is -2.34. The number of nitrogens with zero attached hydrogens (tertiary/aromatic N) is 3. The fourth-order valence-electron chi connectivity index (χ4n) is 6.14. The van der Waals surface area contributed by atoms with Crippen LogP contribution in [0.5, 0.6) is 5.75 Å². The zero-order valence-corrected chi connectivity index (χ0v) is 24.4. The number of benzene rings is 1. The van der Waals surface area contributed by atoms with Crippen LogP contribution in [0.4, 0.5) is 0 Å². The van der Waals surface area contributed by atoms with E-state index in [-0.39, 0.29) is 29.8 Å². The van der Waals surface area contributed by atoms with Crippen LogP contribution in [0.25, 0.3) is 0 Å². The van der Waals surface area contributed by atoms with Gasteiger partial charge in [0.05, 0.1) is 19.1 Å². The standard InChI is InChI=1S/C31H49N3O4/c1-7-9-16-33(17-10-15-32(5)6)28(35)22-34-21-25(23-11-12-27-24(19-23)13-18-38-27)29(30(36)37)26(34)20-31(3,4)14-8-2/h8,11-12,14,19,25-26,29H,7,9-10,13,15-18,20-22H2,1-6H3,(H,36,37)/b14-8+. The Morgan fingerprint density at radius 1 is 1.18 bits per heavy atom. The highest BCUT2D eigenvalue weighted by Crippen LogP contribution is 2.43. The molecule has 0 radical (unpaired) electrons. The molecule has 1 aromatic rings. The van der Waals surface area contributed by atoms with Gasteiger partial charge in [-0.1, -0.05) is 51.5 Å². The third-order valence-corrected chi connectivity index (χ3v) is 8.03. The molecule has 7 heteroatoms. The molecule has 2 aliphatic heterocycles. The Labute approximate surface area is 229 Å². The van der Waals surface area contributed by atoms with Crippen LogP contribution >= 0.6 is 0 Å². The van der Waals surface area contributed by atoms with E-state index in [4.69, 9.17) is 4.74 Å². The molecular weight excluding hydrogens is 478 g/mol. The van der Waals surface area contributed by atoms with Gasteiger partial charge in [-0.25, -0.2) is 0 Å². The van der Waals surface area contributed by atoms with Gasteiger partial charge in [0.25, 0.3) is 0 Å². The molecule has 3 unspecified atom stereocenters. The smallest absolute Gasteiger partial charge is 0.308 e. The number of unbranched alkanes of at least 4 members (excludes halogenated alkanes) is 1. The van der Waals surface area contributed by atoms with Gasteiger partial charge in [0.15, 0.2) is 0 Å². The van der Waals surface area contributed by atoms with E-state index < -0.39 is 11.9 Å². The van der Waals surface area contributed by atoms with Crippen LogP contribution in [0.2, 0.25) is 0 Å². The molecule has 1 fully saturated rings. The van der Waals surface area contributed by atoms with Crippen molar-refractivity contribution in [2.75, 3.05) is 53.4 Å². The second-order valence-corrected chi connectivity index (χ2v) is 12.0. The molecule has 1 N–H and O–H groups in total. The zero-order chi connectivity index (χ0) is 27.9. The topological polar surface area (TPSA) is 73.3 Å². The Balaban J connectivity index is 1.89. The number of aliphatic carboxylic acids is 1. The average molecular weight is 528 g/mol. The number of likely N-dealkylation sites (tertiary alicyclic amines) is 1. The van der Waals surface area contributed by atoms with Crippen LogP contribution in [-0.2, 0) is 16.0 Å². The number of rotatable bonds is 14. The normalized spacial score (nSPS) is 21.7. The van der Waals surface area contributed by atoms with Gasteiger partial charge < -0.3 is 19.6 Å². The lowest BCUT2D eigenvalue weighted by Crippen LogP contribution is -2.46. The summed E-state index contributed by atoms with van der Waals surface area (Å²) in [5.74, 6) is -0.517. The second kappa shape index (κ2) is 13.6. The molecule has 1 aromatic carbocycles. The number of amides is 1. The first kappa shape index (κ1) is 30.2. The van der Waals surface area contributed by atoms with Gasteiger partial charge in [-0.2, -0.15) is 0 Å². The number of carboxylic acids is 1. The quantitative estimate of drug-likeness (QED) is 0.355. The number of hydrogen-bond donors (Lipinski definition) is 1. The molecule has 0 bridgehead atoms. The van der Waals surface area contributed by atoms with Crippen molar-refractivity contribution in [2.45, 2.75) is 71.8 Å². The Morgan fingerprint density at radius 3 is 2.58 bits per heavy atom. The maximum Gasteiger partial charge on any atom is 0.308 e. The lowest BCUT2D eigenvalue weighted by atomic mass is 9.77. The second-order valence-electron chi connectivity index (χ2n) is 12.0. The monoisotopic (exact) mass is 527 g/mol. The van der Waals surface area contributed by atoms with Crippen molar-refractivity contribution in [3.05, 3.63) is 41.5 Å². The number of allylic oxidation sites excluding steroid dienone is 2. The molecule has 1 saturated heterocycles. The number of hydrogen-bond acceptors (Lipinski definition) is 5. The highest BCUT2D eigenvalue weighted by atomic mass is 16.5. The van der Waals surface area contributed by atoms with Gasteiger partial charge in [0.2, 0.25) is 5.91 Å². The van der Waals surface area contributed by atoms with Gasteiger partial charge >= 0.3 is 5.97 Å². The zero-order valence-electron chi connectivity index (χ0n) is 24.4. The first-order chi connectivity index (χ1) is 18.1. The van der Waals surface area contributed by atoms with Crippen LogP contribution in [0.3, 0.4) is 0 Å². The molecular formula is C31H49N3O4. The summed E-state index contributed by atoms with van der Waals surface area (Å²) in [5, 5.41) is 10.5. The van der Waals surface area contributed by atoms with Crippen molar-refractivity contribution in [2.24, 2.45) is 11.3 Å². The highest BCUT2D eigenvalue weighted by molar-refractivity contribution is 5.79. The third kappa shape index (κ3) is 7.82. The van der Waals surface area contributed by atoms with E-state index >= 15 is 0 Å². The highest BCUT2D eigenvalue weighted by Gasteiger charge is 2.48. The summed E-state index contributed by atoms with van der Waals surface area (Å²) in [7, 11) is 4.10. The molecule has 2 heterocycles. The molecule has 3 atom stereocenters. The van der Waals surface area contributed by atoms with E-state index in [0.717, 1.165) is 62.2 Å². The van der Waals surface area contributed by atoms with Gasteiger partial charge in [-0.3, -0.25) is 14.5 Å². The van der Waals surface area contributed by atoms with Crippen LogP contribution in [0.1, 0.15) is 70.4 Å². The van der Waals surface area contributed by atoms with E-state index in [0.29, 0.717) is 19.6 Å². The number of fused-ring (bicyclic) bond motifs is 1. The molecule has 0 aromatic heterocycles. The molecule has 1 amide bonds. The Kier molecular flexibility index (Phi) is 10.8. The largest absolute Gasteiger partial charge is 0.493 e. The summed E-state index contributed by atoms with van der Waals surface area (Å²) in [5.41, 5.74) is 2.01. The molecule has 212 valence electrons. The fraction of sp³-hybridized carbons (Fsp3) is 0.677. The van der Waals surface area contributed by atoms with Crippen LogP contribution in [0.15, 0.2) is 30.4 Å². The van der Waals surface area contributed by atoms with Crippen molar-refractivity contribution in [3.63, 3.8) is 0 Å². The number of carbonyl (C=O) groups excluding carboxylic acids is 1. The molecule has 3 rings (SSSR count). The summed E-state index contributed by atoms with van der Waals surface area (Å²) < 4.78 is 5.70. The maximum absolute atomic E-state index is 13.7. The van der Waals surface area contributed by atoms with Gasteiger partial charge in [0, 0.05) is 38.0 Å². The van der Waals surface area contributed by atoms with E-state index in [1.54, 1.807) is 0 Å². The minimum atomic E-state index is -0.781. The minimum absolute atomic E-state index is 0.109. The van der Waals surface area contributed by atoms with E-state index in [9.17, 15) is 14.7 Å². The van der Waals surface area contributed by atoms with Gasteiger partial charge in [0.1, 0.15) is 5.75 Å². The lowest BCUT2D eigenvalue weighted by molar-refractivity contribution is -0.144. The van der Waals surface area contributed by atoms with Gasteiger partial charge in [-0.05, 0) is 69.4 Å². The minimum Gasteiger partial charge on any atom is -0.493 e. The van der Waals surface area contributed by atoms with Crippen LogP contribution in [-0.4, -0.2) is 91.2 Å². The molecule has 7 nitrogen and oxygen atoms in total. The third-order valence-electron chi connectivity index (χ3n) is 8.03. The van der Waals surface area contributed by atoms with Crippen molar-refractivity contribution in [1.82, 2.24) is 14.7 Å².